The van der Waals surface area contributed by atoms with Crippen molar-refractivity contribution in [2.45, 2.75) is 24.3 Å². The van der Waals surface area contributed by atoms with Crippen LogP contribution in [0.25, 0.3) is 0 Å². The van der Waals surface area contributed by atoms with Crippen molar-refractivity contribution in [1.82, 2.24) is 4.90 Å². The number of hydrogen-bond donors (Lipinski definition) is 3. The number of carbonyl (C=O) groups is 1. The van der Waals surface area contributed by atoms with Crippen LogP contribution in [-0.4, -0.2) is 63.8 Å². The van der Waals surface area contributed by atoms with Gasteiger partial charge in [0.05, 0.1) is 18.7 Å². The normalized spacial score (nSPS) is 43.6. The molecule has 74 valence electrons. The Morgan fingerprint density at radius 1 is 1.46 bits per heavy atom. The van der Waals surface area contributed by atoms with Crippen LogP contribution in [0.5, 0.6) is 0 Å². The monoisotopic (exact) mass is 189 g/mol. The van der Waals surface area contributed by atoms with E-state index in [2.05, 4.69) is 4.74 Å². The van der Waals surface area contributed by atoms with Gasteiger partial charge >= 0.3 is 6.09 Å². The third kappa shape index (κ3) is 1.03. The lowest BCUT2D eigenvalue weighted by Crippen LogP contribution is -2.41. The molecule has 0 radical (unpaired) electrons. The van der Waals surface area contributed by atoms with Crippen molar-refractivity contribution in [2.75, 3.05) is 13.2 Å². The Bertz CT molecular complexity index is 231. The first-order chi connectivity index (χ1) is 6.16. The van der Waals surface area contributed by atoms with E-state index in [1.807, 2.05) is 0 Å². The van der Waals surface area contributed by atoms with Gasteiger partial charge in [0.25, 0.3) is 0 Å². The van der Waals surface area contributed by atoms with Crippen molar-refractivity contribution in [3.63, 3.8) is 0 Å². The molecule has 2 fully saturated rings. The topological polar surface area (TPSA) is 90.2 Å². The molecule has 13 heavy (non-hydrogen) atoms. The molecule has 2 aliphatic rings. The smallest absolute Gasteiger partial charge is 0.410 e. The first-order valence-electron chi connectivity index (χ1n) is 4.09. The van der Waals surface area contributed by atoms with Gasteiger partial charge < -0.3 is 20.1 Å². The Morgan fingerprint density at radius 2 is 2.15 bits per heavy atom. The number of nitrogens with zero attached hydrogens (tertiary/aromatic N) is 1. The summed E-state index contributed by atoms with van der Waals surface area (Å²) in [6.07, 6.45) is -2.69. The average Bonchev–Trinajstić information content (AvgIpc) is 2.58. The first kappa shape index (κ1) is 8.74. The van der Waals surface area contributed by atoms with Crippen LogP contribution in [0.4, 0.5) is 4.79 Å². The highest BCUT2D eigenvalue weighted by atomic mass is 16.6. The molecule has 6 heteroatoms. The zero-order valence-electron chi connectivity index (χ0n) is 6.83. The molecule has 6 nitrogen and oxygen atoms in total. The lowest BCUT2D eigenvalue weighted by molar-refractivity contribution is 0.00834. The zero-order valence-corrected chi connectivity index (χ0v) is 6.83. The average molecular weight is 189 g/mol. The molecule has 2 saturated heterocycles. The Labute approximate surface area is 74.3 Å². The summed E-state index contributed by atoms with van der Waals surface area (Å²) < 4.78 is 4.68. The number of fused-ring (bicyclic) bond motifs is 1. The molecule has 2 aliphatic heterocycles. The Hall–Kier alpha value is -0.850. The van der Waals surface area contributed by atoms with Gasteiger partial charge in [-0.3, -0.25) is 4.90 Å². The predicted molar refractivity (Wildman–Crippen MR) is 39.9 cm³/mol. The maximum atomic E-state index is 11.1. The van der Waals surface area contributed by atoms with Gasteiger partial charge in [-0.05, 0) is 0 Å². The summed E-state index contributed by atoms with van der Waals surface area (Å²) in [7, 11) is 0. The molecule has 0 aromatic rings. The summed E-state index contributed by atoms with van der Waals surface area (Å²) in [4.78, 5) is 12.3. The minimum atomic E-state index is -1.08. The summed E-state index contributed by atoms with van der Waals surface area (Å²) >= 11 is 0. The quantitative estimate of drug-likeness (QED) is 0.439. The largest absolute Gasteiger partial charge is 0.447 e. The maximum absolute atomic E-state index is 11.1. The van der Waals surface area contributed by atoms with Crippen molar-refractivity contribution in [2.24, 2.45) is 0 Å². The molecular formula is C7H11NO5. The van der Waals surface area contributed by atoms with E-state index in [0.29, 0.717) is 0 Å². The van der Waals surface area contributed by atoms with Gasteiger partial charge in [-0.1, -0.05) is 0 Å². The van der Waals surface area contributed by atoms with Crippen LogP contribution in [0.2, 0.25) is 0 Å². The van der Waals surface area contributed by atoms with Gasteiger partial charge in [0.15, 0.2) is 0 Å². The number of amides is 1. The molecule has 0 unspecified atom stereocenters. The van der Waals surface area contributed by atoms with E-state index in [9.17, 15) is 15.0 Å². The van der Waals surface area contributed by atoms with Gasteiger partial charge in [0.2, 0.25) is 0 Å². The second-order valence-corrected chi connectivity index (χ2v) is 3.28. The first-order valence-corrected chi connectivity index (χ1v) is 4.09. The minimum absolute atomic E-state index is 0.0769. The Morgan fingerprint density at radius 3 is 2.77 bits per heavy atom. The molecule has 0 saturated carbocycles. The summed E-state index contributed by atoms with van der Waals surface area (Å²) in [5.41, 5.74) is 0. The van der Waals surface area contributed by atoms with E-state index in [4.69, 9.17) is 5.11 Å². The molecule has 4 atom stereocenters. The summed E-state index contributed by atoms with van der Waals surface area (Å²) in [5, 5.41) is 27.8. The molecule has 1 amide bonds. The van der Waals surface area contributed by atoms with E-state index in [0.717, 1.165) is 0 Å². The number of cyclic esters (lactones) is 1. The standard InChI is InChI=1S/C7H11NO5/c9-1-3-5(10)6(11)4-2-13-7(12)8(3)4/h3-6,9-11H,1-2H2/t3-,4+,5-,6-/m1/s1. The van der Waals surface area contributed by atoms with Crippen LogP contribution in [0.1, 0.15) is 0 Å². The fourth-order valence-electron chi connectivity index (χ4n) is 1.91. The van der Waals surface area contributed by atoms with Crippen molar-refractivity contribution in [1.29, 1.82) is 0 Å². The SMILES string of the molecule is O=C1OC[C@H]2[C@@H](O)[C@H](O)[C@@H](CO)N12. The fourth-order valence-corrected chi connectivity index (χ4v) is 1.91. The van der Waals surface area contributed by atoms with E-state index >= 15 is 0 Å². The van der Waals surface area contributed by atoms with Crippen LogP contribution >= 0.6 is 0 Å². The second kappa shape index (κ2) is 2.83. The van der Waals surface area contributed by atoms with Crippen molar-refractivity contribution in [3.8, 4) is 0 Å². The number of ether oxygens (including phenoxy) is 1. The number of aliphatic hydroxyl groups excluding tert-OH is 3. The van der Waals surface area contributed by atoms with E-state index < -0.39 is 30.4 Å². The lowest BCUT2D eigenvalue weighted by Gasteiger charge is -2.19. The van der Waals surface area contributed by atoms with Gasteiger partial charge in [0, 0.05) is 0 Å². The van der Waals surface area contributed by atoms with E-state index in [1.165, 1.54) is 4.90 Å². The summed E-state index contributed by atoms with van der Waals surface area (Å²) in [6.45, 7) is -0.294. The molecule has 2 heterocycles. The highest BCUT2D eigenvalue weighted by Gasteiger charge is 2.53. The van der Waals surface area contributed by atoms with Gasteiger partial charge in [0.1, 0.15) is 18.8 Å². The number of hydrogen-bond acceptors (Lipinski definition) is 5. The summed E-state index contributed by atoms with van der Waals surface area (Å²) in [6, 6.07) is -1.25. The molecule has 0 aromatic carbocycles. The number of carbonyl (C=O) groups excluding carboxylic acids is 1. The molecule has 0 bridgehead atoms. The lowest BCUT2D eigenvalue weighted by atomic mass is 10.1. The molecule has 2 rings (SSSR count). The van der Waals surface area contributed by atoms with Crippen molar-refractivity contribution < 1.29 is 24.9 Å². The fraction of sp³-hybridized carbons (Fsp3) is 0.857. The maximum Gasteiger partial charge on any atom is 0.410 e. The highest BCUT2D eigenvalue weighted by molar-refractivity contribution is 5.71. The minimum Gasteiger partial charge on any atom is -0.447 e. The molecule has 0 spiro atoms. The number of rotatable bonds is 1. The van der Waals surface area contributed by atoms with Crippen LogP contribution in [-0.2, 0) is 4.74 Å². The molecule has 0 aromatic heterocycles. The third-order valence-corrected chi connectivity index (χ3v) is 2.63. The zero-order chi connectivity index (χ0) is 9.59. The van der Waals surface area contributed by atoms with E-state index in [-0.39, 0.29) is 13.2 Å². The Balaban J connectivity index is 2.25. The Kier molecular flexibility index (Phi) is 1.90. The number of aliphatic hydroxyl groups is 3. The van der Waals surface area contributed by atoms with Crippen LogP contribution in [0, 0.1) is 0 Å². The van der Waals surface area contributed by atoms with Crippen LogP contribution in [0.15, 0.2) is 0 Å². The van der Waals surface area contributed by atoms with Crippen LogP contribution in [0.3, 0.4) is 0 Å². The van der Waals surface area contributed by atoms with E-state index in [1.54, 1.807) is 0 Å². The van der Waals surface area contributed by atoms with Gasteiger partial charge in [-0.15, -0.1) is 0 Å². The third-order valence-electron chi connectivity index (χ3n) is 2.63. The van der Waals surface area contributed by atoms with Gasteiger partial charge in [-0.25, -0.2) is 4.79 Å². The predicted octanol–water partition coefficient (Wildman–Crippen LogP) is -2.10. The van der Waals surface area contributed by atoms with Crippen molar-refractivity contribution >= 4 is 6.09 Å². The molecule has 3 N–H and O–H groups in total. The molecule has 0 aliphatic carbocycles. The van der Waals surface area contributed by atoms with Crippen LogP contribution < -0.4 is 0 Å². The van der Waals surface area contributed by atoms with Gasteiger partial charge in [-0.2, -0.15) is 0 Å². The van der Waals surface area contributed by atoms with Crippen molar-refractivity contribution in [3.05, 3.63) is 0 Å². The summed E-state index contributed by atoms with van der Waals surface area (Å²) in [5.74, 6) is 0. The highest BCUT2D eigenvalue weighted by Crippen LogP contribution is 2.30. The molecular weight excluding hydrogens is 178 g/mol. The second-order valence-electron chi connectivity index (χ2n) is 3.28.